The van der Waals surface area contributed by atoms with Crippen LogP contribution in [0.2, 0.25) is 0 Å². The number of nitrogens with zero attached hydrogens (tertiary/aromatic N) is 3. The standard InChI is InChI=1S/C20H11N3O3/c24-20-15(11-13-4-1-2-6-17(13)25-20)19-23-22-18(26-19)14-7-8-16-12(10-14)5-3-9-21-16/h1-11H. The van der Waals surface area contributed by atoms with E-state index in [0.29, 0.717) is 11.5 Å². The van der Waals surface area contributed by atoms with Crippen LogP contribution in [0.25, 0.3) is 44.8 Å². The molecule has 0 aliphatic carbocycles. The lowest BCUT2D eigenvalue weighted by atomic mass is 10.1. The highest BCUT2D eigenvalue weighted by Gasteiger charge is 2.16. The maximum atomic E-state index is 12.3. The molecule has 0 spiro atoms. The summed E-state index contributed by atoms with van der Waals surface area (Å²) in [5, 5.41) is 9.85. The van der Waals surface area contributed by atoms with Gasteiger partial charge in [-0.3, -0.25) is 4.98 Å². The first-order valence-electron chi connectivity index (χ1n) is 8.00. The van der Waals surface area contributed by atoms with E-state index in [-0.39, 0.29) is 11.5 Å². The second kappa shape index (κ2) is 5.63. The van der Waals surface area contributed by atoms with E-state index in [1.807, 2.05) is 48.5 Å². The summed E-state index contributed by atoms with van der Waals surface area (Å²) in [5.41, 5.74) is 1.88. The highest BCUT2D eigenvalue weighted by Crippen LogP contribution is 2.26. The third-order valence-electron chi connectivity index (χ3n) is 4.15. The number of benzene rings is 2. The lowest BCUT2D eigenvalue weighted by Gasteiger charge is -1.99. The summed E-state index contributed by atoms with van der Waals surface area (Å²) in [6.45, 7) is 0. The van der Waals surface area contributed by atoms with Crippen LogP contribution in [0.5, 0.6) is 0 Å². The van der Waals surface area contributed by atoms with E-state index in [9.17, 15) is 4.79 Å². The minimum Gasteiger partial charge on any atom is -0.422 e. The van der Waals surface area contributed by atoms with Crippen molar-refractivity contribution in [2.24, 2.45) is 0 Å². The lowest BCUT2D eigenvalue weighted by molar-refractivity contribution is 0.547. The van der Waals surface area contributed by atoms with Crippen molar-refractivity contribution in [3.63, 3.8) is 0 Å². The van der Waals surface area contributed by atoms with Crippen LogP contribution in [0.3, 0.4) is 0 Å². The Kier molecular flexibility index (Phi) is 3.15. The van der Waals surface area contributed by atoms with Crippen LogP contribution in [-0.4, -0.2) is 15.2 Å². The number of aromatic nitrogens is 3. The molecule has 6 nitrogen and oxygen atoms in total. The van der Waals surface area contributed by atoms with Gasteiger partial charge in [0.1, 0.15) is 11.1 Å². The monoisotopic (exact) mass is 341 g/mol. The molecule has 5 rings (SSSR count). The predicted molar refractivity (Wildman–Crippen MR) is 96.5 cm³/mol. The summed E-state index contributed by atoms with van der Waals surface area (Å²) >= 11 is 0. The molecule has 3 aromatic heterocycles. The van der Waals surface area contributed by atoms with Gasteiger partial charge in [0, 0.05) is 22.5 Å². The normalized spacial score (nSPS) is 11.2. The number of rotatable bonds is 2. The van der Waals surface area contributed by atoms with Crippen molar-refractivity contribution < 1.29 is 8.83 Å². The average molecular weight is 341 g/mol. The Bertz CT molecular complexity index is 1320. The van der Waals surface area contributed by atoms with E-state index in [1.54, 1.807) is 18.3 Å². The van der Waals surface area contributed by atoms with Gasteiger partial charge in [0.25, 0.3) is 5.89 Å². The first-order chi connectivity index (χ1) is 12.8. The zero-order chi connectivity index (χ0) is 17.5. The number of pyridine rings is 1. The maximum absolute atomic E-state index is 12.3. The number of fused-ring (bicyclic) bond motifs is 2. The highest BCUT2D eigenvalue weighted by atomic mass is 16.4. The summed E-state index contributed by atoms with van der Waals surface area (Å²) in [5.74, 6) is 0.462. The summed E-state index contributed by atoms with van der Waals surface area (Å²) in [7, 11) is 0. The van der Waals surface area contributed by atoms with E-state index >= 15 is 0 Å². The minimum atomic E-state index is -0.512. The smallest absolute Gasteiger partial charge is 0.349 e. The molecule has 0 aliphatic heterocycles. The maximum Gasteiger partial charge on any atom is 0.349 e. The second-order valence-corrected chi connectivity index (χ2v) is 5.81. The fourth-order valence-electron chi connectivity index (χ4n) is 2.87. The van der Waals surface area contributed by atoms with E-state index in [1.165, 1.54) is 0 Å². The molecule has 5 aromatic rings. The molecule has 2 aromatic carbocycles. The van der Waals surface area contributed by atoms with Gasteiger partial charge in [0.15, 0.2) is 0 Å². The molecule has 3 heterocycles. The van der Waals surface area contributed by atoms with E-state index < -0.39 is 5.63 Å². The van der Waals surface area contributed by atoms with Crippen LogP contribution in [0.1, 0.15) is 0 Å². The van der Waals surface area contributed by atoms with Gasteiger partial charge < -0.3 is 8.83 Å². The van der Waals surface area contributed by atoms with Crippen molar-refractivity contribution in [2.45, 2.75) is 0 Å². The van der Waals surface area contributed by atoms with Crippen LogP contribution >= 0.6 is 0 Å². The van der Waals surface area contributed by atoms with E-state index in [2.05, 4.69) is 15.2 Å². The third kappa shape index (κ3) is 2.36. The number of hydrogen-bond acceptors (Lipinski definition) is 6. The Morgan fingerprint density at radius 1 is 0.769 bits per heavy atom. The van der Waals surface area contributed by atoms with Crippen LogP contribution in [0, 0.1) is 0 Å². The van der Waals surface area contributed by atoms with Crippen LogP contribution in [-0.2, 0) is 0 Å². The van der Waals surface area contributed by atoms with Crippen LogP contribution in [0.15, 0.2) is 80.5 Å². The molecule has 0 amide bonds. The largest absolute Gasteiger partial charge is 0.422 e. The topological polar surface area (TPSA) is 82.0 Å². The van der Waals surface area contributed by atoms with Crippen LogP contribution < -0.4 is 5.63 Å². The van der Waals surface area contributed by atoms with Gasteiger partial charge in [-0.25, -0.2) is 4.79 Å². The van der Waals surface area contributed by atoms with Crippen molar-refractivity contribution in [1.29, 1.82) is 0 Å². The number of para-hydroxylation sites is 1. The first kappa shape index (κ1) is 14.5. The molecule has 0 fully saturated rings. The van der Waals surface area contributed by atoms with Gasteiger partial charge in [-0.2, -0.15) is 0 Å². The van der Waals surface area contributed by atoms with Crippen molar-refractivity contribution in [3.8, 4) is 22.9 Å². The molecule has 0 bridgehead atoms. The van der Waals surface area contributed by atoms with Gasteiger partial charge in [-0.05, 0) is 36.4 Å². The molecule has 124 valence electrons. The molecule has 0 radical (unpaired) electrons. The van der Waals surface area contributed by atoms with Gasteiger partial charge in [-0.1, -0.05) is 24.3 Å². The predicted octanol–water partition coefficient (Wildman–Crippen LogP) is 4.06. The molecule has 0 aliphatic rings. The molecule has 26 heavy (non-hydrogen) atoms. The van der Waals surface area contributed by atoms with Gasteiger partial charge in [0.2, 0.25) is 5.89 Å². The van der Waals surface area contributed by atoms with E-state index in [0.717, 1.165) is 21.9 Å². The summed E-state index contributed by atoms with van der Waals surface area (Å²) < 4.78 is 11.1. The first-order valence-corrected chi connectivity index (χ1v) is 8.00. The quantitative estimate of drug-likeness (QED) is 0.450. The highest BCUT2D eigenvalue weighted by molar-refractivity contribution is 5.83. The Hall–Kier alpha value is -3.80. The second-order valence-electron chi connectivity index (χ2n) is 5.81. The summed E-state index contributed by atoms with van der Waals surface area (Å²) in [6.07, 6.45) is 1.74. The van der Waals surface area contributed by atoms with Gasteiger partial charge in [0.05, 0.1) is 5.52 Å². The summed E-state index contributed by atoms with van der Waals surface area (Å²) in [6, 6.07) is 18.5. The fourth-order valence-corrected chi connectivity index (χ4v) is 2.87. The van der Waals surface area contributed by atoms with Gasteiger partial charge in [-0.15, -0.1) is 10.2 Å². The van der Waals surface area contributed by atoms with Crippen molar-refractivity contribution in [2.75, 3.05) is 0 Å². The molecular weight excluding hydrogens is 330 g/mol. The molecular formula is C20H11N3O3. The lowest BCUT2D eigenvalue weighted by Crippen LogP contribution is -2.02. The molecule has 6 heteroatoms. The van der Waals surface area contributed by atoms with E-state index in [4.69, 9.17) is 8.83 Å². The Balaban J connectivity index is 1.61. The van der Waals surface area contributed by atoms with Crippen molar-refractivity contribution >= 4 is 21.9 Å². The van der Waals surface area contributed by atoms with Crippen LogP contribution in [0.4, 0.5) is 0 Å². The average Bonchev–Trinajstić information content (AvgIpc) is 3.17. The Morgan fingerprint density at radius 2 is 1.62 bits per heavy atom. The molecule has 0 N–H and O–H groups in total. The Labute approximate surface area is 146 Å². The minimum absolute atomic E-state index is 0.130. The molecule has 0 saturated heterocycles. The third-order valence-corrected chi connectivity index (χ3v) is 4.15. The zero-order valence-electron chi connectivity index (χ0n) is 13.4. The van der Waals surface area contributed by atoms with Crippen molar-refractivity contribution in [3.05, 3.63) is 77.3 Å². The Morgan fingerprint density at radius 3 is 2.58 bits per heavy atom. The molecule has 0 saturated carbocycles. The molecule has 0 unspecified atom stereocenters. The number of hydrogen-bond donors (Lipinski definition) is 0. The SMILES string of the molecule is O=c1oc2ccccc2cc1-c1nnc(-c2ccc3ncccc3c2)o1. The fraction of sp³-hybridized carbons (Fsp3) is 0. The summed E-state index contributed by atoms with van der Waals surface area (Å²) in [4.78, 5) is 16.5. The molecule has 0 atom stereocenters. The van der Waals surface area contributed by atoms with Crippen molar-refractivity contribution in [1.82, 2.24) is 15.2 Å². The van der Waals surface area contributed by atoms with Gasteiger partial charge >= 0.3 is 5.63 Å². The zero-order valence-corrected chi connectivity index (χ0v) is 13.4.